The van der Waals surface area contributed by atoms with E-state index >= 15 is 0 Å². The molecule has 0 spiro atoms. The second-order valence-electron chi connectivity index (χ2n) is 4.90. The van der Waals surface area contributed by atoms with Crippen LogP contribution in [-0.4, -0.2) is 17.9 Å². The zero-order valence-electron chi connectivity index (χ0n) is 11.1. The number of aromatic amines is 1. The van der Waals surface area contributed by atoms with E-state index in [1.165, 1.54) is 0 Å². The van der Waals surface area contributed by atoms with Gasteiger partial charge in [-0.3, -0.25) is 4.79 Å². The number of aryl methyl sites for hydroxylation is 1. The van der Waals surface area contributed by atoms with Gasteiger partial charge in [0.2, 0.25) is 5.91 Å². The Bertz CT molecular complexity index is 739. The van der Waals surface area contributed by atoms with Crippen LogP contribution in [0.15, 0.2) is 24.4 Å². The number of nitrogens with one attached hydrogen (secondary N) is 1. The quantitative estimate of drug-likeness (QED) is 0.828. The molecule has 2 heterocycles. The highest BCUT2D eigenvalue weighted by molar-refractivity contribution is 5.96. The van der Waals surface area contributed by atoms with Crippen LogP contribution < -0.4 is 10.6 Å². The van der Waals surface area contributed by atoms with E-state index in [2.05, 4.69) is 11.1 Å². The molecule has 1 aliphatic rings. The molecule has 5 heteroatoms. The van der Waals surface area contributed by atoms with Gasteiger partial charge in [-0.15, -0.1) is 0 Å². The molecular formula is C15H14N4O. The number of anilines is 2. The second kappa shape index (κ2) is 4.42. The van der Waals surface area contributed by atoms with Crippen LogP contribution in [0.5, 0.6) is 0 Å². The number of nitrogens with zero attached hydrogens (tertiary/aromatic N) is 2. The van der Waals surface area contributed by atoms with Gasteiger partial charge >= 0.3 is 0 Å². The lowest BCUT2D eigenvalue weighted by molar-refractivity contribution is -0.118. The summed E-state index contributed by atoms with van der Waals surface area (Å²) in [6.07, 6.45) is 2.99. The maximum Gasteiger partial charge on any atom is 0.227 e. The van der Waals surface area contributed by atoms with Crippen LogP contribution in [0.1, 0.15) is 17.5 Å². The van der Waals surface area contributed by atoms with E-state index in [1.807, 2.05) is 18.2 Å². The van der Waals surface area contributed by atoms with E-state index in [9.17, 15) is 4.79 Å². The fourth-order valence-corrected chi connectivity index (χ4v) is 2.61. The van der Waals surface area contributed by atoms with E-state index < -0.39 is 0 Å². The minimum Gasteiger partial charge on any atom is -0.384 e. The summed E-state index contributed by atoms with van der Waals surface area (Å²) in [5.41, 5.74) is 9.99. The zero-order chi connectivity index (χ0) is 14.3. The molecule has 0 unspecified atom stereocenters. The van der Waals surface area contributed by atoms with Gasteiger partial charge < -0.3 is 15.6 Å². The Balaban J connectivity index is 2.10. The number of carbonyl (C=O) groups is 1. The van der Waals surface area contributed by atoms with Crippen LogP contribution in [0, 0.1) is 11.3 Å². The SMILES string of the molecule is CN1C(=O)CCc2cc(-c3c[nH]c(N)c3C#N)ccc21. The summed E-state index contributed by atoms with van der Waals surface area (Å²) < 4.78 is 0. The molecule has 0 atom stereocenters. The Kier molecular flexibility index (Phi) is 2.72. The number of fused-ring (bicyclic) bond motifs is 1. The highest BCUT2D eigenvalue weighted by atomic mass is 16.2. The minimum atomic E-state index is 0.133. The summed E-state index contributed by atoms with van der Waals surface area (Å²) in [6, 6.07) is 7.98. The van der Waals surface area contributed by atoms with Crippen LogP contribution in [0.4, 0.5) is 11.5 Å². The van der Waals surface area contributed by atoms with Gasteiger partial charge in [-0.2, -0.15) is 5.26 Å². The predicted octanol–water partition coefficient (Wildman–Crippen LogP) is 2.04. The Labute approximate surface area is 116 Å². The van der Waals surface area contributed by atoms with Gasteiger partial charge in [0.15, 0.2) is 0 Å². The van der Waals surface area contributed by atoms with Crippen molar-refractivity contribution in [1.29, 1.82) is 5.26 Å². The first-order chi connectivity index (χ1) is 9.61. The highest BCUT2D eigenvalue weighted by Gasteiger charge is 2.21. The molecular weight excluding hydrogens is 252 g/mol. The van der Waals surface area contributed by atoms with Crippen LogP contribution in [-0.2, 0) is 11.2 Å². The molecule has 1 aromatic carbocycles. The topological polar surface area (TPSA) is 85.9 Å². The first-order valence-corrected chi connectivity index (χ1v) is 6.38. The van der Waals surface area contributed by atoms with E-state index in [1.54, 1.807) is 18.1 Å². The van der Waals surface area contributed by atoms with Crippen molar-refractivity contribution in [2.75, 3.05) is 17.7 Å². The first kappa shape index (κ1) is 12.3. The normalized spacial score (nSPS) is 14.0. The van der Waals surface area contributed by atoms with E-state index in [-0.39, 0.29) is 5.91 Å². The Morgan fingerprint density at radius 1 is 1.40 bits per heavy atom. The van der Waals surface area contributed by atoms with Gasteiger partial charge in [0, 0.05) is 30.9 Å². The molecule has 0 aliphatic carbocycles. The molecule has 1 aromatic heterocycles. The number of amides is 1. The number of benzene rings is 1. The maximum atomic E-state index is 11.7. The zero-order valence-corrected chi connectivity index (χ0v) is 11.1. The van der Waals surface area contributed by atoms with E-state index in [0.29, 0.717) is 17.8 Å². The van der Waals surface area contributed by atoms with Gasteiger partial charge in [0.25, 0.3) is 0 Å². The lowest BCUT2D eigenvalue weighted by Gasteiger charge is -2.26. The fourth-order valence-electron chi connectivity index (χ4n) is 2.61. The Morgan fingerprint density at radius 3 is 2.95 bits per heavy atom. The number of nitrogens with two attached hydrogens (primary N) is 1. The largest absolute Gasteiger partial charge is 0.384 e. The van der Waals surface area contributed by atoms with Crippen molar-refractivity contribution >= 4 is 17.4 Å². The highest BCUT2D eigenvalue weighted by Crippen LogP contribution is 2.33. The molecule has 1 amide bonds. The van der Waals surface area contributed by atoms with Gasteiger partial charge in [-0.1, -0.05) is 6.07 Å². The van der Waals surface area contributed by atoms with Crippen molar-refractivity contribution in [2.45, 2.75) is 12.8 Å². The molecule has 20 heavy (non-hydrogen) atoms. The maximum absolute atomic E-state index is 11.7. The van der Waals surface area contributed by atoms with Crippen molar-refractivity contribution < 1.29 is 4.79 Å². The number of hydrogen-bond acceptors (Lipinski definition) is 3. The van der Waals surface area contributed by atoms with Gasteiger partial charge in [-0.05, 0) is 29.7 Å². The molecule has 0 bridgehead atoms. The van der Waals surface area contributed by atoms with Crippen LogP contribution in [0.3, 0.4) is 0 Å². The Morgan fingerprint density at radius 2 is 2.20 bits per heavy atom. The molecule has 5 nitrogen and oxygen atoms in total. The molecule has 3 N–H and O–H groups in total. The molecule has 3 rings (SSSR count). The number of hydrogen-bond donors (Lipinski definition) is 2. The van der Waals surface area contributed by atoms with E-state index in [0.717, 1.165) is 28.8 Å². The van der Waals surface area contributed by atoms with Crippen molar-refractivity contribution in [1.82, 2.24) is 4.98 Å². The summed E-state index contributed by atoms with van der Waals surface area (Å²) in [7, 11) is 1.79. The fraction of sp³-hybridized carbons (Fsp3) is 0.200. The average Bonchev–Trinajstić information content (AvgIpc) is 2.83. The number of nitrogen functional groups attached to an aromatic ring is 1. The van der Waals surface area contributed by atoms with E-state index in [4.69, 9.17) is 11.0 Å². The predicted molar refractivity (Wildman–Crippen MR) is 77.1 cm³/mol. The summed E-state index contributed by atoms with van der Waals surface area (Å²) in [4.78, 5) is 16.2. The number of H-pyrrole nitrogens is 1. The number of nitriles is 1. The lowest BCUT2D eigenvalue weighted by atomic mass is 9.96. The monoisotopic (exact) mass is 266 g/mol. The minimum absolute atomic E-state index is 0.133. The summed E-state index contributed by atoms with van der Waals surface area (Å²) >= 11 is 0. The molecule has 0 fully saturated rings. The van der Waals surface area contributed by atoms with Crippen molar-refractivity contribution in [3.05, 3.63) is 35.5 Å². The third kappa shape index (κ3) is 1.74. The van der Waals surface area contributed by atoms with Gasteiger partial charge in [0.1, 0.15) is 17.5 Å². The van der Waals surface area contributed by atoms with Gasteiger partial charge in [-0.25, -0.2) is 0 Å². The van der Waals surface area contributed by atoms with Crippen molar-refractivity contribution in [3.63, 3.8) is 0 Å². The standard InChI is InChI=1S/C15H14N4O/c1-19-13-4-2-9(6-10(13)3-5-14(19)20)12-8-18-15(17)11(12)7-16/h2,4,6,8,18H,3,5,17H2,1H3. The lowest BCUT2D eigenvalue weighted by Crippen LogP contribution is -2.30. The second-order valence-corrected chi connectivity index (χ2v) is 4.90. The van der Waals surface area contributed by atoms with Crippen molar-refractivity contribution in [2.24, 2.45) is 0 Å². The number of carbonyl (C=O) groups excluding carboxylic acids is 1. The van der Waals surface area contributed by atoms with Crippen molar-refractivity contribution in [3.8, 4) is 17.2 Å². The molecule has 2 aromatic rings. The average molecular weight is 266 g/mol. The summed E-state index contributed by atoms with van der Waals surface area (Å²) in [6.45, 7) is 0. The third-order valence-corrected chi connectivity index (χ3v) is 3.76. The number of aromatic nitrogens is 1. The molecule has 0 saturated heterocycles. The summed E-state index contributed by atoms with van der Waals surface area (Å²) in [5.74, 6) is 0.515. The third-order valence-electron chi connectivity index (χ3n) is 3.76. The molecule has 1 aliphatic heterocycles. The first-order valence-electron chi connectivity index (χ1n) is 6.38. The molecule has 0 saturated carbocycles. The smallest absolute Gasteiger partial charge is 0.227 e. The molecule has 0 radical (unpaired) electrons. The Hall–Kier alpha value is -2.74. The van der Waals surface area contributed by atoms with Crippen LogP contribution in [0.2, 0.25) is 0 Å². The number of rotatable bonds is 1. The van der Waals surface area contributed by atoms with Gasteiger partial charge in [0.05, 0.1) is 0 Å². The summed E-state index contributed by atoms with van der Waals surface area (Å²) in [5, 5.41) is 9.16. The molecule has 100 valence electrons. The van der Waals surface area contributed by atoms with Crippen LogP contribution >= 0.6 is 0 Å². The van der Waals surface area contributed by atoms with Crippen LogP contribution in [0.25, 0.3) is 11.1 Å².